The normalized spacial score (nSPS) is 49.3. The summed E-state index contributed by atoms with van der Waals surface area (Å²) in [5, 5.41) is 101. The van der Waals surface area contributed by atoms with E-state index in [4.69, 9.17) is 65.6 Å². The molecule has 10 aliphatic rings. The fourth-order valence-corrected chi connectivity index (χ4v) is 18.0. The lowest BCUT2D eigenvalue weighted by Crippen LogP contribution is -2.67. The largest absolute Gasteiger partial charge is 0.458 e. The first-order valence-corrected chi connectivity index (χ1v) is 34.0. The van der Waals surface area contributed by atoms with Crippen molar-refractivity contribution in [1.82, 2.24) is 0 Å². The predicted molar refractivity (Wildman–Crippen MR) is 302 cm³/mol. The number of carbonyl (C=O) groups is 2. The highest BCUT2D eigenvalue weighted by atomic mass is 32.3. The molecule has 0 amide bonds. The van der Waals surface area contributed by atoms with Gasteiger partial charge in [0.2, 0.25) is 0 Å². The lowest BCUT2D eigenvalue weighted by atomic mass is 9.41. The lowest BCUT2D eigenvalue weighted by molar-refractivity contribution is -0.399. The maximum atomic E-state index is 14.5. The molecule has 6 saturated heterocycles. The molecule has 0 bridgehead atoms. The highest BCUT2D eigenvalue weighted by molar-refractivity contribution is 7.81. The average Bonchev–Trinajstić information content (AvgIpc) is 1.52. The first-order valence-electron chi connectivity index (χ1n) is 31.2. The van der Waals surface area contributed by atoms with Gasteiger partial charge in [-0.15, -0.1) is 0 Å². The number of allylic oxidation sites excluding steroid dienone is 2. The molecule has 33 heteroatoms. The molecule has 0 radical (unpaired) electrons. The van der Waals surface area contributed by atoms with Gasteiger partial charge in [0, 0.05) is 18.9 Å². The summed E-state index contributed by atoms with van der Waals surface area (Å²) in [6, 6.07) is 0. The zero-order valence-corrected chi connectivity index (χ0v) is 53.9. The molecule has 11 N–H and O–H groups in total. The van der Waals surface area contributed by atoms with Gasteiger partial charge in [0.05, 0.1) is 50.0 Å². The van der Waals surface area contributed by atoms with E-state index in [1.807, 2.05) is 20.8 Å². The second kappa shape index (κ2) is 26.6. The van der Waals surface area contributed by atoms with Crippen LogP contribution in [0.4, 0.5) is 0 Å². The molecule has 31 nitrogen and oxygen atoms in total. The van der Waals surface area contributed by atoms with Gasteiger partial charge in [-0.25, -0.2) is 8.37 Å². The van der Waals surface area contributed by atoms with Crippen LogP contribution in [-0.2, 0) is 95.6 Å². The Hall–Kier alpha value is -2.18. The standard InChI is InChI=1S/C58H92O31S2/c1-24(2)11-10-16-57(8)47-28(59)19-56(7)27-12-13-33-54(4,5)34(15-17-55(33,6)26(27)14-18-58(47,56)53(69)88-57)83-51-45(37(64)32(22-79-51)89-91(73,74)75)87-52-46(86-48-38(65)35(62)29(60)20-77-48)39(66)42(25(3)81-52)84-49-40(67)43(30(61)21-78-49)85-50-41(68)44(76-9)36(63)31(82-50)23-80-90(70,71)72/h12,24-26,29-52,60-68H,10-11,13-23H2,1-9H3,(H,70,71,72)(H,73,74,75)/t25-,26?,29-,30-,31-,32-,33?,34+,35+,36-,37+,38-,39+,40-,41-,42-,43+,44+,45-,46-,47-,48+,49+,50+,51+,52+,55-,56+,57+,58-/m1/s1. The fourth-order valence-electron chi connectivity index (χ4n) is 17.2. The maximum absolute atomic E-state index is 14.5. The maximum Gasteiger partial charge on any atom is 0.397 e. The Morgan fingerprint density at radius 3 is 1.92 bits per heavy atom. The average molecular weight is 1350 g/mol. The Balaban J connectivity index is 0.891. The van der Waals surface area contributed by atoms with Gasteiger partial charge in [0.15, 0.2) is 31.5 Å². The van der Waals surface area contributed by atoms with Crippen molar-refractivity contribution in [2.75, 3.05) is 33.5 Å². The summed E-state index contributed by atoms with van der Waals surface area (Å²) in [5.74, 6) is -0.472. The van der Waals surface area contributed by atoms with Gasteiger partial charge in [-0.3, -0.25) is 18.7 Å². The molecule has 0 aromatic carbocycles. The van der Waals surface area contributed by atoms with Crippen LogP contribution in [-0.4, -0.2) is 264 Å². The summed E-state index contributed by atoms with van der Waals surface area (Å²) in [5.41, 5.74) is -2.68. The van der Waals surface area contributed by atoms with Gasteiger partial charge >= 0.3 is 26.8 Å². The van der Waals surface area contributed by atoms with Crippen molar-refractivity contribution in [2.24, 2.45) is 45.3 Å². The smallest absolute Gasteiger partial charge is 0.397 e. The molecule has 2 unspecified atom stereocenters. The van der Waals surface area contributed by atoms with Gasteiger partial charge in [0.1, 0.15) is 109 Å². The molecular formula is C58H92O31S2. The van der Waals surface area contributed by atoms with Gasteiger partial charge in [-0.2, -0.15) is 16.8 Å². The Morgan fingerprint density at radius 2 is 1.26 bits per heavy atom. The number of ether oxygens (including phenoxy) is 12. The second-order valence-corrected chi connectivity index (χ2v) is 30.3. The third-order valence-corrected chi connectivity index (χ3v) is 22.7. The van der Waals surface area contributed by atoms with Crippen molar-refractivity contribution in [3.8, 4) is 0 Å². The van der Waals surface area contributed by atoms with Crippen LogP contribution in [0.2, 0.25) is 0 Å². The number of ketones is 1. The van der Waals surface area contributed by atoms with Crippen molar-refractivity contribution in [1.29, 1.82) is 0 Å². The Bertz CT molecular complexity index is 2870. The summed E-state index contributed by atoms with van der Waals surface area (Å²) in [7, 11) is -9.25. The van der Waals surface area contributed by atoms with Crippen LogP contribution in [0.3, 0.4) is 0 Å². The number of hydrogen-bond donors (Lipinski definition) is 11. The van der Waals surface area contributed by atoms with Crippen molar-refractivity contribution in [3.63, 3.8) is 0 Å². The molecule has 0 aromatic rings. The number of esters is 1. The van der Waals surface area contributed by atoms with Gasteiger partial charge in [-0.1, -0.05) is 59.6 Å². The summed E-state index contributed by atoms with van der Waals surface area (Å²) < 4.78 is 148. The first kappa shape index (κ1) is 71.6. The van der Waals surface area contributed by atoms with Gasteiger partial charge < -0.3 is 103 Å². The molecule has 0 aromatic heterocycles. The van der Waals surface area contributed by atoms with E-state index in [0.717, 1.165) is 25.5 Å². The molecule has 9 fully saturated rings. The van der Waals surface area contributed by atoms with E-state index in [9.17, 15) is 76.9 Å². The van der Waals surface area contributed by atoms with Crippen LogP contribution >= 0.6 is 0 Å². The summed E-state index contributed by atoms with van der Waals surface area (Å²) >= 11 is 0. The summed E-state index contributed by atoms with van der Waals surface area (Å²) in [6.07, 6.45) is -33.0. The lowest BCUT2D eigenvalue weighted by Gasteiger charge is -2.63. The molecule has 6 aliphatic heterocycles. The van der Waals surface area contributed by atoms with Crippen molar-refractivity contribution < 1.29 is 147 Å². The van der Waals surface area contributed by atoms with Crippen molar-refractivity contribution in [3.05, 3.63) is 11.6 Å². The first-order chi connectivity index (χ1) is 42.4. The number of rotatable bonds is 20. The number of methoxy groups -OCH3 is 1. The number of carbonyl (C=O) groups excluding carboxylic acids is 2. The molecule has 1 spiro atoms. The Labute approximate surface area is 528 Å². The number of cyclic esters (lactones) is 1. The SMILES string of the molecule is CO[C@@H]1[C@@H](O)[C@H](O[C@@H]2[C@@H](O)[C@H](O[C@H]3[C@H](O)[C@@H](O[C@@H]4OC[C@@H](O)[C@H](O)[C@H]4O)[C@H](O[C@H]4[C@H](O[C@H]5CC[C@]6(C)C7CC[C@]89C(=O)O[C@@](C)(CCCC(C)C)[C@H]8C(=O)C[C@@]9(C)C7=CCC6C5(C)C)OC[C@@H](OS(=O)(=O)O)[C@@H]4O)O[C@@H]3C)OC[C@H]2O)O[C@H](COS(=O)(=O)O)[C@H]1O. The highest BCUT2D eigenvalue weighted by Crippen LogP contribution is 2.75. The molecule has 522 valence electrons. The molecule has 91 heavy (non-hydrogen) atoms. The van der Waals surface area contributed by atoms with E-state index in [-0.39, 0.29) is 35.4 Å². The van der Waals surface area contributed by atoms with E-state index < -0.39 is 216 Å². The number of aliphatic hydroxyl groups is 9. The number of Topliss-reactive ketones (excluding diaryl/α,β-unsaturated/α-hetero) is 1. The predicted octanol–water partition coefficient (Wildman–Crippen LogP) is -1.37. The molecule has 3 saturated carbocycles. The minimum absolute atomic E-state index is 0.0210. The summed E-state index contributed by atoms with van der Waals surface area (Å²) in [6.45, 7) is 13.0. The van der Waals surface area contributed by atoms with Crippen LogP contribution in [0.15, 0.2) is 11.6 Å². The molecule has 10 rings (SSSR count). The zero-order chi connectivity index (χ0) is 66.6. The van der Waals surface area contributed by atoms with Crippen molar-refractivity contribution in [2.45, 2.75) is 260 Å². The van der Waals surface area contributed by atoms with E-state index in [1.165, 1.54) is 6.92 Å². The van der Waals surface area contributed by atoms with E-state index in [0.29, 0.717) is 44.4 Å². The van der Waals surface area contributed by atoms with E-state index >= 15 is 0 Å². The van der Waals surface area contributed by atoms with Crippen LogP contribution in [0, 0.1) is 45.3 Å². The molecule has 30 atom stereocenters. The molecule has 6 heterocycles. The molecular weight excluding hydrogens is 1260 g/mol. The van der Waals surface area contributed by atoms with Gasteiger partial charge in [0.25, 0.3) is 0 Å². The highest BCUT2D eigenvalue weighted by Gasteiger charge is 2.79. The third kappa shape index (κ3) is 13.3. The van der Waals surface area contributed by atoms with E-state index in [1.54, 1.807) is 0 Å². The van der Waals surface area contributed by atoms with Crippen LogP contribution in [0.25, 0.3) is 0 Å². The second-order valence-electron chi connectivity index (χ2n) is 28.2. The number of aliphatic hydroxyl groups excluding tert-OH is 9. The topological polar surface area (TPSA) is 454 Å². The monoisotopic (exact) mass is 1350 g/mol. The minimum atomic E-state index is -5.28. The van der Waals surface area contributed by atoms with Gasteiger partial charge in [-0.05, 0) is 87.4 Å². The third-order valence-electron chi connectivity index (χ3n) is 21.8. The Morgan fingerprint density at radius 1 is 0.648 bits per heavy atom. The van der Waals surface area contributed by atoms with Crippen molar-refractivity contribution >= 4 is 32.6 Å². The van der Waals surface area contributed by atoms with Crippen LogP contribution < -0.4 is 0 Å². The molecule has 4 aliphatic carbocycles. The van der Waals surface area contributed by atoms with E-state index in [2.05, 4.69) is 38.0 Å². The minimum Gasteiger partial charge on any atom is -0.458 e. The van der Waals surface area contributed by atoms with Crippen LogP contribution in [0.1, 0.15) is 113 Å². The summed E-state index contributed by atoms with van der Waals surface area (Å²) in [4.78, 5) is 28.9. The number of fused-ring (bicyclic) bond motifs is 4. The zero-order valence-electron chi connectivity index (χ0n) is 52.3. The quantitative estimate of drug-likeness (QED) is 0.0380. The van der Waals surface area contributed by atoms with Crippen LogP contribution in [0.5, 0.6) is 0 Å². The Kier molecular flexibility index (Phi) is 20.9. The fraction of sp³-hybridized carbons (Fsp3) is 0.931. The number of hydrogen-bond acceptors (Lipinski definition) is 29.